The summed E-state index contributed by atoms with van der Waals surface area (Å²) < 4.78 is 16.2. The molecule has 0 radical (unpaired) electrons. The van der Waals surface area contributed by atoms with Crippen molar-refractivity contribution in [2.24, 2.45) is 0 Å². The monoisotopic (exact) mass is 351 g/mol. The van der Waals surface area contributed by atoms with E-state index < -0.39 is 12.1 Å². The van der Waals surface area contributed by atoms with E-state index in [0.29, 0.717) is 13.0 Å². The van der Waals surface area contributed by atoms with Crippen LogP contribution in [-0.4, -0.2) is 60.9 Å². The van der Waals surface area contributed by atoms with Crippen LogP contribution < -0.4 is 4.74 Å². The van der Waals surface area contributed by atoms with E-state index in [-0.39, 0.29) is 31.1 Å². The Morgan fingerprint density at radius 1 is 1.36 bits per heavy atom. The highest BCUT2D eigenvalue weighted by Crippen LogP contribution is 2.24. The topological polar surface area (TPSA) is 85.3 Å². The van der Waals surface area contributed by atoms with Crippen LogP contribution in [0.3, 0.4) is 0 Å². The van der Waals surface area contributed by atoms with E-state index in [1.165, 1.54) is 0 Å². The van der Waals surface area contributed by atoms with Crippen LogP contribution in [0.25, 0.3) is 0 Å². The van der Waals surface area contributed by atoms with E-state index in [2.05, 4.69) is 0 Å². The van der Waals surface area contributed by atoms with E-state index in [0.717, 1.165) is 11.3 Å². The van der Waals surface area contributed by atoms with E-state index >= 15 is 0 Å². The number of carboxylic acid groups (broad SMARTS) is 1. The molecule has 0 bridgehead atoms. The van der Waals surface area contributed by atoms with Crippen LogP contribution in [0.4, 0.5) is 0 Å². The SMILES string of the molecule is COc1cccc(COC(C)C(=O)N2CC(OC)CC2CC(=O)O)c1. The molecule has 0 spiro atoms. The Morgan fingerprint density at radius 2 is 2.12 bits per heavy atom. The summed E-state index contributed by atoms with van der Waals surface area (Å²) in [4.78, 5) is 25.3. The highest BCUT2D eigenvalue weighted by atomic mass is 16.5. The quantitative estimate of drug-likeness (QED) is 0.767. The number of methoxy groups -OCH3 is 2. The number of nitrogens with zero attached hydrogens (tertiary/aromatic N) is 1. The van der Waals surface area contributed by atoms with Gasteiger partial charge in [-0.05, 0) is 31.0 Å². The number of ether oxygens (including phenoxy) is 3. The first kappa shape index (κ1) is 19.2. The number of benzene rings is 1. The summed E-state index contributed by atoms with van der Waals surface area (Å²) in [5, 5.41) is 9.05. The fourth-order valence-electron chi connectivity index (χ4n) is 3.00. The molecule has 3 unspecified atom stereocenters. The van der Waals surface area contributed by atoms with Crippen LogP contribution in [0, 0.1) is 0 Å². The molecule has 0 saturated carbocycles. The molecular weight excluding hydrogens is 326 g/mol. The maximum absolute atomic E-state index is 12.7. The number of rotatable bonds is 8. The predicted molar refractivity (Wildman–Crippen MR) is 90.4 cm³/mol. The van der Waals surface area contributed by atoms with Crippen molar-refractivity contribution in [1.29, 1.82) is 0 Å². The molecule has 25 heavy (non-hydrogen) atoms. The zero-order valence-electron chi connectivity index (χ0n) is 14.8. The minimum atomic E-state index is -0.926. The van der Waals surface area contributed by atoms with Gasteiger partial charge in [-0.25, -0.2) is 0 Å². The molecule has 1 saturated heterocycles. The lowest BCUT2D eigenvalue weighted by atomic mass is 10.1. The lowest BCUT2D eigenvalue weighted by molar-refractivity contribution is -0.146. The fourth-order valence-corrected chi connectivity index (χ4v) is 3.00. The van der Waals surface area contributed by atoms with Crippen molar-refractivity contribution in [3.05, 3.63) is 29.8 Å². The number of amides is 1. The Balaban J connectivity index is 1.96. The maximum atomic E-state index is 12.7. The van der Waals surface area contributed by atoms with Crippen LogP contribution in [0.5, 0.6) is 5.75 Å². The van der Waals surface area contributed by atoms with Crippen molar-refractivity contribution in [3.63, 3.8) is 0 Å². The van der Waals surface area contributed by atoms with Gasteiger partial charge in [-0.2, -0.15) is 0 Å². The van der Waals surface area contributed by atoms with Gasteiger partial charge in [0.05, 0.1) is 26.2 Å². The lowest BCUT2D eigenvalue weighted by Gasteiger charge is -2.26. The van der Waals surface area contributed by atoms with Crippen molar-refractivity contribution in [1.82, 2.24) is 4.90 Å². The first-order valence-corrected chi connectivity index (χ1v) is 8.24. The van der Waals surface area contributed by atoms with Crippen LogP contribution >= 0.6 is 0 Å². The van der Waals surface area contributed by atoms with E-state index in [1.807, 2.05) is 24.3 Å². The summed E-state index contributed by atoms with van der Waals surface area (Å²) in [6.07, 6.45) is -0.372. The summed E-state index contributed by atoms with van der Waals surface area (Å²) in [7, 11) is 3.16. The first-order chi connectivity index (χ1) is 11.9. The fraction of sp³-hybridized carbons (Fsp3) is 0.556. The van der Waals surface area contributed by atoms with Gasteiger partial charge in [-0.1, -0.05) is 12.1 Å². The van der Waals surface area contributed by atoms with Gasteiger partial charge < -0.3 is 24.2 Å². The zero-order valence-corrected chi connectivity index (χ0v) is 14.8. The molecule has 1 amide bonds. The highest BCUT2D eigenvalue weighted by Gasteiger charge is 2.38. The summed E-state index contributed by atoms with van der Waals surface area (Å²) in [5.74, 6) is -0.415. The number of carbonyl (C=O) groups excluding carboxylic acids is 1. The molecule has 1 aromatic rings. The number of carbonyl (C=O) groups is 2. The predicted octanol–water partition coefficient (Wildman–Crippen LogP) is 1.69. The molecular formula is C18H25NO6. The van der Waals surface area contributed by atoms with Crippen LogP contribution in [0.2, 0.25) is 0 Å². The van der Waals surface area contributed by atoms with E-state index in [9.17, 15) is 9.59 Å². The van der Waals surface area contributed by atoms with Gasteiger partial charge in [-0.3, -0.25) is 9.59 Å². The van der Waals surface area contributed by atoms with Crippen molar-refractivity contribution in [3.8, 4) is 5.75 Å². The average Bonchev–Trinajstić information content (AvgIpc) is 3.01. The number of aliphatic carboxylic acids is 1. The Hall–Kier alpha value is -2.12. The molecule has 0 aromatic heterocycles. The van der Waals surface area contributed by atoms with Gasteiger partial charge in [-0.15, -0.1) is 0 Å². The molecule has 1 aliphatic heterocycles. The Labute approximate surface area is 147 Å². The minimum absolute atomic E-state index is 0.0891. The molecule has 1 fully saturated rings. The second kappa shape index (κ2) is 8.82. The van der Waals surface area contributed by atoms with Gasteiger partial charge in [0, 0.05) is 19.7 Å². The smallest absolute Gasteiger partial charge is 0.305 e. The third-order valence-corrected chi connectivity index (χ3v) is 4.38. The average molecular weight is 351 g/mol. The molecule has 138 valence electrons. The minimum Gasteiger partial charge on any atom is -0.497 e. The summed E-state index contributed by atoms with van der Waals surface area (Å²) in [6.45, 7) is 2.34. The Kier molecular flexibility index (Phi) is 6.78. The van der Waals surface area contributed by atoms with Crippen molar-refractivity contribution in [2.75, 3.05) is 20.8 Å². The van der Waals surface area contributed by atoms with Crippen molar-refractivity contribution >= 4 is 11.9 Å². The third kappa shape index (κ3) is 5.17. The van der Waals surface area contributed by atoms with E-state index in [1.54, 1.807) is 26.0 Å². The molecule has 7 nitrogen and oxygen atoms in total. The third-order valence-electron chi connectivity index (χ3n) is 4.38. The van der Waals surface area contributed by atoms with Gasteiger partial charge in [0.1, 0.15) is 11.9 Å². The summed E-state index contributed by atoms with van der Waals surface area (Å²) in [5.41, 5.74) is 0.900. The second-order valence-electron chi connectivity index (χ2n) is 6.14. The Morgan fingerprint density at radius 3 is 2.76 bits per heavy atom. The molecule has 2 rings (SSSR count). The molecule has 1 N–H and O–H groups in total. The molecule has 7 heteroatoms. The van der Waals surface area contributed by atoms with Gasteiger partial charge in [0.25, 0.3) is 5.91 Å². The van der Waals surface area contributed by atoms with Crippen molar-refractivity contribution < 1.29 is 28.9 Å². The molecule has 0 aliphatic carbocycles. The van der Waals surface area contributed by atoms with Gasteiger partial charge in [0.15, 0.2) is 0 Å². The normalized spacial score (nSPS) is 21.2. The maximum Gasteiger partial charge on any atom is 0.305 e. The standard InChI is InChI=1S/C18H25NO6/c1-12(25-11-13-5-4-6-15(7-13)23-2)18(22)19-10-16(24-3)8-14(19)9-17(20)21/h4-7,12,14,16H,8-11H2,1-3H3,(H,20,21). The number of hydrogen-bond donors (Lipinski definition) is 1. The highest BCUT2D eigenvalue weighted by molar-refractivity contribution is 5.82. The molecule has 3 atom stereocenters. The number of carboxylic acids is 1. The van der Waals surface area contributed by atoms with Crippen molar-refractivity contribution in [2.45, 2.75) is 44.6 Å². The summed E-state index contributed by atoms with van der Waals surface area (Å²) >= 11 is 0. The Bertz CT molecular complexity index is 605. The van der Waals surface area contributed by atoms with E-state index in [4.69, 9.17) is 19.3 Å². The van der Waals surface area contributed by atoms with Crippen LogP contribution in [0.1, 0.15) is 25.3 Å². The lowest BCUT2D eigenvalue weighted by Crippen LogP contribution is -2.43. The second-order valence-corrected chi connectivity index (χ2v) is 6.14. The van der Waals surface area contributed by atoms with Gasteiger partial charge >= 0.3 is 5.97 Å². The largest absolute Gasteiger partial charge is 0.497 e. The first-order valence-electron chi connectivity index (χ1n) is 8.24. The molecule has 1 aromatic carbocycles. The van der Waals surface area contributed by atoms with Crippen LogP contribution in [0.15, 0.2) is 24.3 Å². The van der Waals surface area contributed by atoms with Crippen LogP contribution in [-0.2, 0) is 25.7 Å². The number of hydrogen-bond acceptors (Lipinski definition) is 5. The zero-order chi connectivity index (χ0) is 18.4. The van der Waals surface area contributed by atoms with Gasteiger partial charge in [0.2, 0.25) is 0 Å². The molecule has 1 heterocycles. The number of likely N-dealkylation sites (tertiary alicyclic amines) is 1. The molecule has 1 aliphatic rings. The summed E-state index contributed by atoms with van der Waals surface area (Å²) in [6, 6.07) is 7.07.